The summed E-state index contributed by atoms with van der Waals surface area (Å²) in [5.41, 5.74) is 3.07. The van der Waals surface area contributed by atoms with Gasteiger partial charge in [0.05, 0.1) is 5.69 Å². The molecule has 4 nitrogen and oxygen atoms in total. The van der Waals surface area contributed by atoms with Gasteiger partial charge in [-0.05, 0) is 55.0 Å². The van der Waals surface area contributed by atoms with Crippen LogP contribution in [0, 0.1) is 5.82 Å². The third-order valence-electron chi connectivity index (χ3n) is 3.81. The largest absolute Gasteiger partial charge is 0.476 e. The maximum atomic E-state index is 14.3. The Hall–Kier alpha value is -2.17. The minimum atomic E-state index is -1.11. The van der Waals surface area contributed by atoms with E-state index in [1.54, 1.807) is 13.1 Å². The van der Waals surface area contributed by atoms with Crippen molar-refractivity contribution in [2.24, 2.45) is 7.05 Å². The zero-order valence-corrected chi connectivity index (χ0v) is 11.2. The third-order valence-corrected chi connectivity index (χ3v) is 3.81. The number of aromatic nitrogens is 2. The summed E-state index contributed by atoms with van der Waals surface area (Å²) < 4.78 is 15.7. The summed E-state index contributed by atoms with van der Waals surface area (Å²) in [6.45, 7) is 0. The van der Waals surface area contributed by atoms with E-state index in [-0.39, 0.29) is 11.5 Å². The summed E-state index contributed by atoms with van der Waals surface area (Å²) in [4.78, 5) is 10.9. The molecule has 0 amide bonds. The number of hydrogen-bond acceptors (Lipinski definition) is 2. The fourth-order valence-corrected chi connectivity index (χ4v) is 2.78. The summed E-state index contributed by atoms with van der Waals surface area (Å²) in [6, 6.07) is 4.83. The zero-order valence-electron chi connectivity index (χ0n) is 11.2. The van der Waals surface area contributed by atoms with E-state index in [1.807, 2.05) is 6.07 Å². The van der Waals surface area contributed by atoms with Crippen molar-refractivity contribution in [3.8, 4) is 11.3 Å². The van der Waals surface area contributed by atoms with Crippen molar-refractivity contribution in [3.05, 3.63) is 40.8 Å². The van der Waals surface area contributed by atoms with Crippen molar-refractivity contribution < 1.29 is 14.3 Å². The molecule has 0 aliphatic heterocycles. The Balaban J connectivity index is 2.12. The Morgan fingerprint density at radius 1 is 1.25 bits per heavy atom. The van der Waals surface area contributed by atoms with Crippen molar-refractivity contribution in [1.29, 1.82) is 0 Å². The molecule has 104 valence electrons. The van der Waals surface area contributed by atoms with E-state index in [9.17, 15) is 9.18 Å². The number of rotatable bonds is 2. The average molecular weight is 274 g/mol. The van der Waals surface area contributed by atoms with Crippen LogP contribution in [0.15, 0.2) is 18.2 Å². The highest BCUT2D eigenvalue weighted by Gasteiger charge is 2.18. The number of carbonyl (C=O) groups is 1. The van der Waals surface area contributed by atoms with Gasteiger partial charge in [0, 0.05) is 12.6 Å². The van der Waals surface area contributed by atoms with E-state index in [0.717, 1.165) is 36.8 Å². The zero-order chi connectivity index (χ0) is 14.3. The normalized spacial score (nSPS) is 14.1. The molecule has 0 fully saturated rings. The lowest BCUT2D eigenvalue weighted by atomic mass is 9.89. The van der Waals surface area contributed by atoms with Crippen LogP contribution in [-0.2, 0) is 19.9 Å². The number of carboxylic acids is 1. The SMILES string of the molecule is Cn1nc(C(=O)O)cc1-c1cc2c(cc1F)CCCC2. The number of fused-ring (bicyclic) bond motifs is 1. The van der Waals surface area contributed by atoms with Crippen molar-refractivity contribution in [1.82, 2.24) is 9.78 Å². The summed E-state index contributed by atoms with van der Waals surface area (Å²) in [5.74, 6) is -1.42. The minimum Gasteiger partial charge on any atom is -0.476 e. The van der Waals surface area contributed by atoms with Crippen LogP contribution in [0.25, 0.3) is 11.3 Å². The van der Waals surface area contributed by atoms with Crippen LogP contribution in [0.1, 0.15) is 34.5 Å². The molecule has 1 heterocycles. The molecule has 0 saturated carbocycles. The van der Waals surface area contributed by atoms with E-state index in [4.69, 9.17) is 5.11 Å². The summed E-state index contributed by atoms with van der Waals surface area (Å²) in [7, 11) is 1.63. The van der Waals surface area contributed by atoms with Crippen LogP contribution in [0.5, 0.6) is 0 Å². The van der Waals surface area contributed by atoms with Crippen molar-refractivity contribution in [2.75, 3.05) is 0 Å². The van der Waals surface area contributed by atoms with Gasteiger partial charge in [-0.2, -0.15) is 5.10 Å². The second-order valence-corrected chi connectivity index (χ2v) is 5.15. The molecule has 1 N–H and O–H groups in total. The van der Waals surface area contributed by atoms with E-state index in [1.165, 1.54) is 10.7 Å². The second kappa shape index (κ2) is 4.74. The number of aromatic carboxylic acids is 1. The number of aryl methyl sites for hydroxylation is 3. The molecule has 2 aromatic rings. The third kappa shape index (κ3) is 2.09. The van der Waals surface area contributed by atoms with Gasteiger partial charge >= 0.3 is 5.97 Å². The second-order valence-electron chi connectivity index (χ2n) is 5.15. The summed E-state index contributed by atoms with van der Waals surface area (Å²) >= 11 is 0. The van der Waals surface area contributed by atoms with Gasteiger partial charge in [-0.3, -0.25) is 4.68 Å². The number of benzene rings is 1. The van der Waals surface area contributed by atoms with Gasteiger partial charge in [0.15, 0.2) is 5.69 Å². The lowest BCUT2D eigenvalue weighted by molar-refractivity contribution is 0.0689. The minimum absolute atomic E-state index is 0.0698. The first-order valence-electron chi connectivity index (χ1n) is 6.65. The highest BCUT2D eigenvalue weighted by Crippen LogP contribution is 2.30. The number of hydrogen-bond donors (Lipinski definition) is 1. The Morgan fingerprint density at radius 3 is 2.50 bits per heavy atom. The summed E-state index contributed by atoms with van der Waals surface area (Å²) in [6.07, 6.45) is 4.08. The van der Waals surface area contributed by atoms with Crippen LogP contribution >= 0.6 is 0 Å². The molecule has 0 unspecified atom stereocenters. The molecule has 20 heavy (non-hydrogen) atoms. The van der Waals surface area contributed by atoms with Gasteiger partial charge in [-0.25, -0.2) is 9.18 Å². The van der Waals surface area contributed by atoms with Crippen molar-refractivity contribution in [3.63, 3.8) is 0 Å². The molecule has 0 radical (unpaired) electrons. The van der Waals surface area contributed by atoms with Crippen LogP contribution in [-0.4, -0.2) is 20.9 Å². The van der Waals surface area contributed by atoms with E-state index in [0.29, 0.717) is 11.3 Å². The Morgan fingerprint density at radius 2 is 1.90 bits per heavy atom. The predicted molar refractivity (Wildman–Crippen MR) is 72.2 cm³/mol. The molecule has 0 bridgehead atoms. The predicted octanol–water partition coefficient (Wildman–Crippen LogP) is 2.80. The standard InChI is InChI=1S/C15H15FN2O2/c1-18-14(8-13(17-18)15(19)20)11-6-9-4-2-3-5-10(9)7-12(11)16/h6-8H,2-5H2,1H3,(H,19,20). The van der Waals surface area contributed by atoms with Gasteiger partial charge in [0.25, 0.3) is 0 Å². The molecule has 0 saturated heterocycles. The molecular weight excluding hydrogens is 259 g/mol. The molecular formula is C15H15FN2O2. The Kier molecular flexibility index (Phi) is 3.04. The van der Waals surface area contributed by atoms with E-state index < -0.39 is 5.97 Å². The smallest absolute Gasteiger partial charge is 0.356 e. The Labute approximate surface area is 115 Å². The molecule has 0 spiro atoms. The first-order valence-corrected chi connectivity index (χ1v) is 6.65. The molecule has 1 aromatic heterocycles. The van der Waals surface area contributed by atoms with Gasteiger partial charge < -0.3 is 5.11 Å². The molecule has 5 heteroatoms. The Bertz CT molecular complexity index is 691. The maximum absolute atomic E-state index is 14.3. The van der Waals surface area contributed by atoms with Crippen LogP contribution in [0.2, 0.25) is 0 Å². The fourth-order valence-electron chi connectivity index (χ4n) is 2.78. The highest BCUT2D eigenvalue weighted by molar-refractivity contribution is 5.87. The lowest BCUT2D eigenvalue weighted by Crippen LogP contribution is -2.05. The average Bonchev–Trinajstić information content (AvgIpc) is 2.80. The first kappa shape index (κ1) is 12.8. The lowest BCUT2D eigenvalue weighted by Gasteiger charge is -2.17. The monoisotopic (exact) mass is 274 g/mol. The number of halogens is 1. The topological polar surface area (TPSA) is 55.1 Å². The van der Waals surface area contributed by atoms with Gasteiger partial charge in [-0.15, -0.1) is 0 Å². The fraction of sp³-hybridized carbons (Fsp3) is 0.333. The first-order chi connectivity index (χ1) is 9.56. The molecule has 1 aliphatic rings. The van der Waals surface area contributed by atoms with Crippen LogP contribution in [0.3, 0.4) is 0 Å². The highest BCUT2D eigenvalue weighted by atomic mass is 19.1. The number of nitrogens with zero attached hydrogens (tertiary/aromatic N) is 2. The maximum Gasteiger partial charge on any atom is 0.356 e. The van der Waals surface area contributed by atoms with E-state index in [2.05, 4.69) is 5.10 Å². The molecule has 1 aromatic carbocycles. The van der Waals surface area contributed by atoms with Crippen molar-refractivity contribution >= 4 is 5.97 Å². The van der Waals surface area contributed by atoms with Gasteiger partial charge in [0.1, 0.15) is 5.82 Å². The summed E-state index contributed by atoms with van der Waals surface area (Å²) in [5, 5.41) is 12.9. The van der Waals surface area contributed by atoms with Gasteiger partial charge in [-0.1, -0.05) is 0 Å². The molecule has 3 rings (SSSR count). The molecule has 0 atom stereocenters. The van der Waals surface area contributed by atoms with E-state index >= 15 is 0 Å². The van der Waals surface area contributed by atoms with Crippen LogP contribution in [0.4, 0.5) is 4.39 Å². The van der Waals surface area contributed by atoms with Crippen molar-refractivity contribution in [2.45, 2.75) is 25.7 Å². The quantitative estimate of drug-likeness (QED) is 0.916. The van der Waals surface area contributed by atoms with Gasteiger partial charge in [0.2, 0.25) is 0 Å². The number of carboxylic acid groups (broad SMARTS) is 1. The van der Waals surface area contributed by atoms with Crippen LogP contribution < -0.4 is 0 Å². The molecule has 1 aliphatic carbocycles.